The van der Waals surface area contributed by atoms with Gasteiger partial charge in [0.05, 0.1) is 10.0 Å². The van der Waals surface area contributed by atoms with Crippen LogP contribution in [-0.2, 0) is 0 Å². The largest absolute Gasteiger partial charge is 0.434 e. The molecule has 0 N–H and O–H groups in total. The molecule has 0 amide bonds. The van der Waals surface area contributed by atoms with Gasteiger partial charge in [-0.15, -0.1) is 0 Å². The van der Waals surface area contributed by atoms with Gasteiger partial charge in [-0.1, -0.05) is 11.2 Å². The van der Waals surface area contributed by atoms with Gasteiger partial charge in [0.1, 0.15) is 17.2 Å². The Balaban J connectivity index is 2.06. The zero-order chi connectivity index (χ0) is 18.7. The molecular weight excluding hydrogens is 426 g/mol. The quantitative estimate of drug-likeness (QED) is 0.496. The Morgan fingerprint density at radius 1 is 1.04 bits per heavy atom. The molecule has 0 saturated heterocycles. The number of aromatic nitrogens is 3. The Kier molecular flexibility index (Phi) is 5.35. The first-order valence-corrected chi connectivity index (χ1v) is 7.71. The van der Waals surface area contributed by atoms with Crippen LogP contribution in [0.3, 0.4) is 0 Å². The van der Waals surface area contributed by atoms with Gasteiger partial charge in [-0.2, -0.15) is 8.78 Å². The van der Waals surface area contributed by atoms with E-state index >= 15 is 0 Å². The summed E-state index contributed by atoms with van der Waals surface area (Å²) < 4.78 is 65.9. The normalized spacial score (nSPS) is 11.2. The van der Waals surface area contributed by atoms with E-state index in [-0.39, 0.29) is 28.8 Å². The van der Waals surface area contributed by atoms with Crippen molar-refractivity contribution in [3.63, 3.8) is 0 Å². The smallest absolute Gasteiger partial charge is 0.387 e. The van der Waals surface area contributed by atoms with Crippen LogP contribution in [0.2, 0.25) is 0 Å². The van der Waals surface area contributed by atoms with Crippen LogP contribution in [0.1, 0.15) is 12.2 Å². The molecule has 6 nitrogen and oxygen atoms in total. The van der Waals surface area contributed by atoms with Crippen molar-refractivity contribution in [2.45, 2.75) is 13.0 Å². The monoisotopic (exact) mass is 433 g/mol. The highest BCUT2D eigenvalue weighted by Gasteiger charge is 2.23. The molecule has 11 heteroatoms. The fraction of sp³-hybridized carbons (Fsp3) is 0.133. The van der Waals surface area contributed by atoms with E-state index in [1.165, 1.54) is 30.6 Å². The van der Waals surface area contributed by atoms with E-state index in [0.29, 0.717) is 4.47 Å². The summed E-state index contributed by atoms with van der Waals surface area (Å²) in [5.74, 6) is -1.08. The number of hydrogen-bond acceptors (Lipinski definition) is 6. The summed E-state index contributed by atoms with van der Waals surface area (Å²) in [4.78, 5) is 7.80. The number of benzene rings is 1. The summed E-state index contributed by atoms with van der Waals surface area (Å²) in [6, 6.07) is 4.81. The van der Waals surface area contributed by atoms with Gasteiger partial charge in [0, 0.05) is 18.5 Å². The predicted octanol–water partition coefficient (Wildman–Crippen LogP) is 5.23. The molecule has 3 rings (SSSR count). The van der Waals surface area contributed by atoms with E-state index in [0.717, 1.165) is 6.07 Å². The molecular formula is C15H8BrF4N3O3. The number of alkyl halides is 4. The fourth-order valence-electron chi connectivity index (χ4n) is 2.00. The highest BCUT2D eigenvalue weighted by atomic mass is 79.9. The summed E-state index contributed by atoms with van der Waals surface area (Å²) in [7, 11) is 0. The molecule has 26 heavy (non-hydrogen) atoms. The number of nitrogens with zero attached hydrogens (tertiary/aromatic N) is 3. The fourth-order valence-corrected chi connectivity index (χ4v) is 2.21. The Morgan fingerprint density at radius 3 is 2.35 bits per heavy atom. The van der Waals surface area contributed by atoms with E-state index < -0.39 is 18.8 Å². The van der Waals surface area contributed by atoms with Gasteiger partial charge in [0.2, 0.25) is 5.76 Å². The van der Waals surface area contributed by atoms with E-state index in [1.807, 2.05) is 0 Å². The summed E-state index contributed by atoms with van der Waals surface area (Å²) in [6.07, 6.45) is -0.0995. The highest BCUT2D eigenvalue weighted by Crippen LogP contribution is 2.41. The topological polar surface area (TPSA) is 70.3 Å². The first kappa shape index (κ1) is 18.1. The van der Waals surface area contributed by atoms with Gasteiger partial charge in [0.25, 0.3) is 6.43 Å². The van der Waals surface area contributed by atoms with Crippen LogP contribution in [0.15, 0.2) is 45.7 Å². The van der Waals surface area contributed by atoms with E-state index in [2.05, 4.69) is 40.3 Å². The van der Waals surface area contributed by atoms with Crippen LogP contribution in [-0.4, -0.2) is 21.7 Å². The maximum atomic E-state index is 12.8. The van der Waals surface area contributed by atoms with Crippen LogP contribution in [0.5, 0.6) is 17.5 Å². The second kappa shape index (κ2) is 7.68. The molecule has 0 saturated carbocycles. The molecule has 0 aliphatic heterocycles. The Hall–Kier alpha value is -2.69. The van der Waals surface area contributed by atoms with Gasteiger partial charge in [0.15, 0.2) is 0 Å². The van der Waals surface area contributed by atoms with Crippen molar-refractivity contribution in [1.29, 1.82) is 0 Å². The molecule has 0 radical (unpaired) electrons. The molecule has 0 bridgehead atoms. The van der Waals surface area contributed by atoms with Crippen molar-refractivity contribution in [3.05, 3.63) is 46.9 Å². The molecule has 2 heterocycles. The molecule has 0 unspecified atom stereocenters. The van der Waals surface area contributed by atoms with Crippen molar-refractivity contribution in [3.8, 4) is 28.8 Å². The molecule has 2 aromatic heterocycles. The number of halogens is 5. The minimum Gasteiger partial charge on any atom is -0.434 e. The van der Waals surface area contributed by atoms with Crippen LogP contribution < -0.4 is 9.47 Å². The van der Waals surface area contributed by atoms with E-state index in [9.17, 15) is 17.6 Å². The van der Waals surface area contributed by atoms with E-state index in [4.69, 9.17) is 4.74 Å². The Labute approximate surface area is 151 Å². The number of hydrogen-bond donors (Lipinski definition) is 0. The van der Waals surface area contributed by atoms with Crippen molar-refractivity contribution in [2.75, 3.05) is 0 Å². The number of rotatable bonds is 6. The first-order chi connectivity index (χ1) is 12.4. The lowest BCUT2D eigenvalue weighted by Gasteiger charge is -2.13. The summed E-state index contributed by atoms with van der Waals surface area (Å²) in [6.45, 7) is -3.14. The minimum absolute atomic E-state index is 0.0282. The minimum atomic E-state index is -3.14. The average Bonchev–Trinajstić information content (AvgIpc) is 3.06. The summed E-state index contributed by atoms with van der Waals surface area (Å²) in [5, 5.41) is 3.48. The molecule has 0 aliphatic carbocycles. The molecule has 0 atom stereocenters. The Bertz CT molecular complexity index is 890. The third kappa shape index (κ3) is 4.10. The third-order valence-electron chi connectivity index (χ3n) is 3.00. The zero-order valence-electron chi connectivity index (χ0n) is 12.6. The van der Waals surface area contributed by atoms with Crippen LogP contribution in [0.4, 0.5) is 17.6 Å². The predicted molar refractivity (Wildman–Crippen MR) is 83.3 cm³/mol. The van der Waals surface area contributed by atoms with Crippen molar-refractivity contribution < 1.29 is 31.6 Å². The van der Waals surface area contributed by atoms with E-state index in [1.54, 1.807) is 0 Å². The number of ether oxygens (including phenoxy) is 2. The second-order valence-corrected chi connectivity index (χ2v) is 5.62. The standard InChI is InChI=1S/C15H8BrF4N3O3/c16-7-5-21-15(22-6-7)25-10-3-1-2-9(24-14(19)20)12(10)8-4-11(13(17)18)26-23-8/h1-6,13-14H. The van der Waals surface area contributed by atoms with Gasteiger partial charge in [-0.3, -0.25) is 0 Å². The van der Waals surface area contributed by atoms with Gasteiger partial charge in [-0.05, 0) is 28.1 Å². The SMILES string of the molecule is FC(F)Oc1cccc(Oc2ncc(Br)cn2)c1-c1cc(C(F)F)on1. The van der Waals surface area contributed by atoms with Gasteiger partial charge >= 0.3 is 12.6 Å². The second-order valence-electron chi connectivity index (χ2n) is 4.71. The molecule has 1 aromatic carbocycles. The van der Waals surface area contributed by atoms with Gasteiger partial charge < -0.3 is 14.0 Å². The molecule has 3 aromatic rings. The zero-order valence-corrected chi connectivity index (χ0v) is 14.2. The third-order valence-corrected chi connectivity index (χ3v) is 3.41. The maximum absolute atomic E-state index is 12.8. The molecule has 136 valence electrons. The van der Waals surface area contributed by atoms with Crippen molar-refractivity contribution in [1.82, 2.24) is 15.1 Å². The van der Waals surface area contributed by atoms with Crippen molar-refractivity contribution >= 4 is 15.9 Å². The molecule has 0 fully saturated rings. The van der Waals surface area contributed by atoms with Gasteiger partial charge in [-0.25, -0.2) is 18.7 Å². The lowest BCUT2D eigenvalue weighted by molar-refractivity contribution is -0.0495. The van der Waals surface area contributed by atoms with Crippen LogP contribution in [0, 0.1) is 0 Å². The van der Waals surface area contributed by atoms with Crippen LogP contribution in [0.25, 0.3) is 11.3 Å². The lowest BCUT2D eigenvalue weighted by atomic mass is 10.1. The van der Waals surface area contributed by atoms with Crippen LogP contribution >= 0.6 is 15.9 Å². The molecule has 0 spiro atoms. The van der Waals surface area contributed by atoms with Crippen molar-refractivity contribution in [2.24, 2.45) is 0 Å². The summed E-state index contributed by atoms with van der Waals surface area (Å²) in [5.41, 5.74) is -0.265. The molecule has 0 aliphatic rings. The first-order valence-electron chi connectivity index (χ1n) is 6.92. The Morgan fingerprint density at radius 2 is 1.73 bits per heavy atom. The average molecular weight is 434 g/mol. The highest BCUT2D eigenvalue weighted by molar-refractivity contribution is 9.10. The maximum Gasteiger partial charge on any atom is 0.387 e. The summed E-state index contributed by atoms with van der Waals surface area (Å²) >= 11 is 3.16. The lowest BCUT2D eigenvalue weighted by Crippen LogP contribution is -2.04.